The number of nitrogens with one attached hydrogen (secondary N) is 1. The largest absolute Gasteiger partial charge is 0.386 e. The van der Waals surface area contributed by atoms with Crippen LogP contribution in [0.1, 0.15) is 0 Å². The highest BCUT2D eigenvalue weighted by atomic mass is 35.5. The Bertz CT molecular complexity index is 474. The van der Waals surface area contributed by atoms with E-state index in [1.54, 1.807) is 6.33 Å². The Morgan fingerprint density at radius 3 is 3.21 bits per heavy atom. The number of halogens is 1. The van der Waals surface area contributed by atoms with Crippen molar-refractivity contribution in [1.82, 2.24) is 9.97 Å². The Labute approximate surface area is 85.8 Å². The number of hydrogen-bond donors (Lipinski definition) is 2. The SMILES string of the molecule is NC(CCl)=Nc1ccc2nc[nH]c2c1. The molecule has 2 aromatic rings. The Balaban J connectivity index is 2.44. The molecule has 0 atom stereocenters. The first-order valence-corrected chi connectivity index (χ1v) is 4.65. The minimum Gasteiger partial charge on any atom is -0.386 e. The van der Waals surface area contributed by atoms with Crippen molar-refractivity contribution in [3.63, 3.8) is 0 Å². The second kappa shape index (κ2) is 3.67. The van der Waals surface area contributed by atoms with Crippen molar-refractivity contribution in [3.8, 4) is 0 Å². The molecule has 0 amide bonds. The molecule has 0 aliphatic carbocycles. The van der Waals surface area contributed by atoms with Gasteiger partial charge in [0.25, 0.3) is 0 Å². The monoisotopic (exact) mass is 208 g/mol. The number of hydrogen-bond acceptors (Lipinski definition) is 2. The maximum Gasteiger partial charge on any atom is 0.115 e. The lowest BCUT2D eigenvalue weighted by Gasteiger charge is -1.95. The lowest BCUT2D eigenvalue weighted by molar-refractivity contribution is 1.34. The topological polar surface area (TPSA) is 67.1 Å². The van der Waals surface area contributed by atoms with Gasteiger partial charge in [0.2, 0.25) is 0 Å². The van der Waals surface area contributed by atoms with Crippen molar-refractivity contribution in [1.29, 1.82) is 0 Å². The molecule has 14 heavy (non-hydrogen) atoms. The van der Waals surface area contributed by atoms with Gasteiger partial charge in [-0.1, -0.05) is 0 Å². The third-order valence-electron chi connectivity index (χ3n) is 1.81. The summed E-state index contributed by atoms with van der Waals surface area (Å²) in [5.74, 6) is 0.645. The maximum absolute atomic E-state index is 5.52. The van der Waals surface area contributed by atoms with Gasteiger partial charge in [-0.3, -0.25) is 0 Å². The molecule has 0 aliphatic rings. The van der Waals surface area contributed by atoms with Crippen LogP contribution >= 0.6 is 11.6 Å². The van der Waals surface area contributed by atoms with E-state index in [2.05, 4.69) is 15.0 Å². The standard InChI is InChI=1S/C9H9ClN4/c10-4-9(11)14-6-1-2-7-8(3-6)13-5-12-7/h1-3,5H,4H2,(H2,11,14)(H,12,13). The van der Waals surface area contributed by atoms with Gasteiger partial charge in [-0.05, 0) is 18.2 Å². The quantitative estimate of drug-likeness (QED) is 0.449. The van der Waals surface area contributed by atoms with Crippen LogP contribution < -0.4 is 5.73 Å². The van der Waals surface area contributed by atoms with E-state index in [9.17, 15) is 0 Å². The van der Waals surface area contributed by atoms with E-state index in [0.717, 1.165) is 16.7 Å². The van der Waals surface area contributed by atoms with Gasteiger partial charge in [0.05, 0.1) is 28.9 Å². The summed E-state index contributed by atoms with van der Waals surface area (Å²) < 4.78 is 0. The molecule has 0 spiro atoms. The minimum atomic E-state index is 0.237. The molecule has 0 bridgehead atoms. The molecule has 2 rings (SSSR count). The number of alkyl halides is 1. The van der Waals surface area contributed by atoms with Crippen LogP contribution in [-0.4, -0.2) is 21.7 Å². The van der Waals surface area contributed by atoms with Crippen LogP contribution in [0.15, 0.2) is 29.5 Å². The summed E-state index contributed by atoms with van der Waals surface area (Å²) in [6.45, 7) is 0. The van der Waals surface area contributed by atoms with Gasteiger partial charge < -0.3 is 10.7 Å². The lowest BCUT2D eigenvalue weighted by Crippen LogP contribution is -2.12. The predicted octanol–water partition coefficient (Wildman–Crippen LogP) is 1.79. The van der Waals surface area contributed by atoms with Gasteiger partial charge in [0, 0.05) is 0 Å². The van der Waals surface area contributed by atoms with Crippen molar-refractivity contribution < 1.29 is 0 Å². The van der Waals surface area contributed by atoms with E-state index in [1.165, 1.54) is 0 Å². The van der Waals surface area contributed by atoms with Gasteiger partial charge in [-0.15, -0.1) is 11.6 Å². The molecule has 1 aromatic carbocycles. The minimum absolute atomic E-state index is 0.237. The fraction of sp³-hybridized carbons (Fsp3) is 0.111. The first-order chi connectivity index (χ1) is 6.79. The fourth-order valence-electron chi connectivity index (χ4n) is 1.19. The molecule has 0 aliphatic heterocycles. The van der Waals surface area contributed by atoms with Gasteiger partial charge in [0.15, 0.2) is 0 Å². The number of imidazole rings is 1. The number of rotatable bonds is 2. The first kappa shape index (κ1) is 9.02. The Kier molecular flexibility index (Phi) is 2.37. The molecule has 0 fully saturated rings. The number of benzene rings is 1. The van der Waals surface area contributed by atoms with Crippen LogP contribution in [0.3, 0.4) is 0 Å². The molecule has 0 saturated carbocycles. The fourth-order valence-corrected chi connectivity index (χ4v) is 1.25. The summed E-state index contributed by atoms with van der Waals surface area (Å²) in [7, 11) is 0. The number of aromatic nitrogens is 2. The second-order valence-corrected chi connectivity index (χ2v) is 3.11. The molecule has 3 N–H and O–H groups in total. The molecule has 72 valence electrons. The highest BCUT2D eigenvalue weighted by Gasteiger charge is 1.97. The number of nitrogens with zero attached hydrogens (tertiary/aromatic N) is 2. The molecule has 1 aromatic heterocycles. The Hall–Kier alpha value is -1.55. The van der Waals surface area contributed by atoms with E-state index >= 15 is 0 Å². The van der Waals surface area contributed by atoms with Gasteiger partial charge in [-0.25, -0.2) is 9.98 Å². The second-order valence-electron chi connectivity index (χ2n) is 2.84. The van der Waals surface area contributed by atoms with E-state index in [4.69, 9.17) is 17.3 Å². The van der Waals surface area contributed by atoms with Crippen LogP contribution in [-0.2, 0) is 0 Å². The van der Waals surface area contributed by atoms with E-state index in [0.29, 0.717) is 5.84 Å². The summed E-state index contributed by atoms with van der Waals surface area (Å²) in [4.78, 5) is 11.2. The number of aliphatic imine (C=N–C) groups is 1. The third kappa shape index (κ3) is 1.70. The van der Waals surface area contributed by atoms with Gasteiger partial charge in [0.1, 0.15) is 5.84 Å². The zero-order valence-corrected chi connectivity index (χ0v) is 8.12. The van der Waals surface area contributed by atoms with Crippen molar-refractivity contribution >= 4 is 34.2 Å². The maximum atomic E-state index is 5.52. The Morgan fingerprint density at radius 2 is 2.43 bits per heavy atom. The number of amidine groups is 1. The third-order valence-corrected chi connectivity index (χ3v) is 2.09. The average Bonchev–Trinajstić information content (AvgIpc) is 2.64. The molecule has 5 heteroatoms. The van der Waals surface area contributed by atoms with E-state index in [-0.39, 0.29) is 5.88 Å². The Morgan fingerprint density at radius 1 is 1.57 bits per heavy atom. The summed E-state index contributed by atoms with van der Waals surface area (Å²) in [5, 5.41) is 0. The summed E-state index contributed by atoms with van der Waals surface area (Å²) >= 11 is 5.52. The lowest BCUT2D eigenvalue weighted by atomic mass is 10.3. The molecule has 4 nitrogen and oxygen atoms in total. The summed E-state index contributed by atoms with van der Waals surface area (Å²) in [6.07, 6.45) is 1.64. The van der Waals surface area contributed by atoms with Crippen LogP contribution in [0.4, 0.5) is 5.69 Å². The van der Waals surface area contributed by atoms with Crippen molar-refractivity contribution in [2.45, 2.75) is 0 Å². The van der Waals surface area contributed by atoms with Crippen molar-refractivity contribution in [2.24, 2.45) is 10.7 Å². The van der Waals surface area contributed by atoms with Crippen LogP contribution in [0.2, 0.25) is 0 Å². The molecule has 0 radical (unpaired) electrons. The number of H-pyrrole nitrogens is 1. The van der Waals surface area contributed by atoms with Gasteiger partial charge in [-0.2, -0.15) is 0 Å². The summed E-state index contributed by atoms with van der Waals surface area (Å²) in [6, 6.07) is 5.61. The first-order valence-electron chi connectivity index (χ1n) is 4.12. The number of nitrogens with two attached hydrogens (primary N) is 1. The van der Waals surface area contributed by atoms with E-state index < -0.39 is 0 Å². The zero-order valence-electron chi connectivity index (χ0n) is 7.37. The number of fused-ring (bicyclic) bond motifs is 1. The molecular weight excluding hydrogens is 200 g/mol. The molecular formula is C9H9ClN4. The normalized spacial score (nSPS) is 12.2. The van der Waals surface area contributed by atoms with Crippen molar-refractivity contribution in [3.05, 3.63) is 24.5 Å². The smallest absolute Gasteiger partial charge is 0.115 e. The molecule has 1 heterocycles. The van der Waals surface area contributed by atoms with Crippen LogP contribution in [0, 0.1) is 0 Å². The highest BCUT2D eigenvalue weighted by Crippen LogP contribution is 2.18. The van der Waals surface area contributed by atoms with Crippen LogP contribution in [0.5, 0.6) is 0 Å². The zero-order chi connectivity index (χ0) is 9.97. The van der Waals surface area contributed by atoms with Gasteiger partial charge >= 0.3 is 0 Å². The average molecular weight is 209 g/mol. The van der Waals surface area contributed by atoms with Crippen molar-refractivity contribution in [2.75, 3.05) is 5.88 Å². The summed E-state index contributed by atoms with van der Waals surface area (Å²) in [5.41, 5.74) is 8.14. The number of aromatic amines is 1. The molecule has 0 unspecified atom stereocenters. The predicted molar refractivity (Wildman–Crippen MR) is 58.1 cm³/mol. The van der Waals surface area contributed by atoms with E-state index in [1.807, 2.05) is 18.2 Å². The molecule has 0 saturated heterocycles. The highest BCUT2D eigenvalue weighted by molar-refractivity contribution is 6.28. The van der Waals surface area contributed by atoms with Crippen LogP contribution in [0.25, 0.3) is 11.0 Å².